The Morgan fingerprint density at radius 1 is 0.704 bits per heavy atom. The molecule has 3 nitrogen and oxygen atoms in total. The van der Waals surface area contributed by atoms with Crippen LogP contribution in [0.5, 0.6) is 0 Å². The van der Waals surface area contributed by atoms with Gasteiger partial charge in [-0.05, 0) is 51.4 Å². The van der Waals surface area contributed by atoms with Crippen molar-refractivity contribution in [2.24, 2.45) is 0 Å². The van der Waals surface area contributed by atoms with E-state index in [2.05, 4.69) is 24.1 Å². The van der Waals surface area contributed by atoms with Crippen LogP contribution in [0.25, 0.3) is 32.7 Å². The third-order valence-corrected chi connectivity index (χ3v) is 4.99. The van der Waals surface area contributed by atoms with E-state index in [1.807, 2.05) is 36.4 Å². The average Bonchev–Trinajstić information content (AvgIpc) is 2.99. The second-order valence-corrected chi connectivity index (χ2v) is 6.46. The van der Waals surface area contributed by atoms with Crippen molar-refractivity contribution in [3.63, 3.8) is 0 Å². The van der Waals surface area contributed by atoms with Crippen molar-refractivity contribution in [1.29, 1.82) is 0 Å². The third-order valence-electron chi connectivity index (χ3n) is 4.99. The van der Waals surface area contributed by atoms with Crippen molar-refractivity contribution < 1.29 is 14.3 Å². The fourth-order valence-corrected chi connectivity index (χ4v) is 3.76. The molecule has 4 aromatic rings. The highest BCUT2D eigenvalue weighted by Gasteiger charge is 2.34. The molecule has 27 heavy (non-hydrogen) atoms. The van der Waals surface area contributed by atoms with Crippen LogP contribution in [0.15, 0.2) is 66.7 Å². The van der Waals surface area contributed by atoms with Gasteiger partial charge in [0.25, 0.3) is 0 Å². The van der Waals surface area contributed by atoms with E-state index in [1.165, 1.54) is 0 Å². The lowest BCUT2D eigenvalue weighted by atomic mass is 9.88. The Balaban J connectivity index is 1.93. The maximum Gasteiger partial charge on any atom is 0.347 e. The summed E-state index contributed by atoms with van der Waals surface area (Å²) in [5.41, 5.74) is 2.45. The summed E-state index contributed by atoms with van der Waals surface area (Å²) in [4.78, 5) is 24.4. The quantitative estimate of drug-likeness (QED) is 0.211. The number of rotatable bonds is 1. The summed E-state index contributed by atoms with van der Waals surface area (Å²) < 4.78 is 4.83. The highest BCUT2D eigenvalue weighted by Crippen LogP contribution is 2.38. The van der Waals surface area contributed by atoms with Gasteiger partial charge in [-0.2, -0.15) is 0 Å². The second kappa shape index (κ2) is 5.55. The number of fused-ring (bicyclic) bond motifs is 3. The Bertz CT molecular complexity index is 1340. The van der Waals surface area contributed by atoms with Gasteiger partial charge in [-0.3, -0.25) is 0 Å². The molecule has 0 atom stereocenters. The number of hydrogen-bond acceptors (Lipinski definition) is 3. The van der Waals surface area contributed by atoms with Crippen LogP contribution in [0.2, 0.25) is 0 Å². The zero-order valence-corrected chi connectivity index (χ0v) is 14.2. The summed E-state index contributed by atoms with van der Waals surface area (Å²) in [6.45, 7) is 0. The average molecular weight is 348 g/mol. The molecule has 5 rings (SSSR count). The van der Waals surface area contributed by atoms with Crippen molar-refractivity contribution in [3.05, 3.63) is 83.4 Å². The minimum atomic E-state index is -0.653. The van der Waals surface area contributed by atoms with E-state index in [4.69, 9.17) is 11.2 Å². The van der Waals surface area contributed by atoms with Gasteiger partial charge in [-0.1, -0.05) is 48.4 Å². The van der Waals surface area contributed by atoms with E-state index >= 15 is 0 Å². The van der Waals surface area contributed by atoms with E-state index in [-0.39, 0.29) is 11.1 Å². The van der Waals surface area contributed by atoms with E-state index in [0.717, 1.165) is 27.1 Å². The van der Waals surface area contributed by atoms with Crippen molar-refractivity contribution >= 4 is 33.5 Å². The molecule has 0 fully saturated rings. The largest absolute Gasteiger partial charge is 0.386 e. The number of ether oxygens (including phenoxy) is 1. The topological polar surface area (TPSA) is 43.4 Å². The number of carbonyl (C=O) groups is 2. The number of carbonyl (C=O) groups excluding carboxylic acids is 2. The molecule has 0 N–H and O–H groups in total. The van der Waals surface area contributed by atoms with Gasteiger partial charge in [-0.15, -0.1) is 6.42 Å². The SMILES string of the molecule is C#Cc1ccc2c(c1-c1cccc3cc4ccccc4cc13)C(=O)OC2=O. The van der Waals surface area contributed by atoms with Gasteiger partial charge in [0.1, 0.15) is 0 Å². The van der Waals surface area contributed by atoms with E-state index in [1.54, 1.807) is 12.1 Å². The molecule has 0 unspecified atom stereocenters. The standard InChI is InChI=1S/C24H12O3/c1-2-14-10-11-19-22(24(26)27-23(19)25)21(14)18-9-5-8-17-12-15-6-3-4-7-16(15)13-20(17)18/h1,3-13H. The zero-order chi connectivity index (χ0) is 18.5. The van der Waals surface area contributed by atoms with Gasteiger partial charge in [-0.25, -0.2) is 9.59 Å². The molecule has 0 aromatic heterocycles. The second-order valence-electron chi connectivity index (χ2n) is 6.46. The molecule has 1 heterocycles. The molecular formula is C24H12O3. The van der Waals surface area contributed by atoms with Crippen molar-refractivity contribution in [3.8, 4) is 23.5 Å². The minimum Gasteiger partial charge on any atom is -0.386 e. The summed E-state index contributed by atoms with van der Waals surface area (Å²) in [5, 5.41) is 4.22. The smallest absolute Gasteiger partial charge is 0.347 e. The molecule has 1 aliphatic heterocycles. The van der Waals surface area contributed by atoms with Gasteiger partial charge in [0.15, 0.2) is 0 Å². The van der Waals surface area contributed by atoms with Crippen molar-refractivity contribution in [1.82, 2.24) is 0 Å². The van der Waals surface area contributed by atoms with Crippen molar-refractivity contribution in [2.75, 3.05) is 0 Å². The molecular weight excluding hydrogens is 336 g/mol. The molecule has 126 valence electrons. The van der Waals surface area contributed by atoms with Crippen LogP contribution < -0.4 is 0 Å². The van der Waals surface area contributed by atoms with Crippen LogP contribution in [-0.2, 0) is 4.74 Å². The molecule has 4 aromatic carbocycles. The van der Waals surface area contributed by atoms with Crippen LogP contribution in [0.3, 0.4) is 0 Å². The first-order valence-electron chi connectivity index (χ1n) is 8.49. The van der Waals surface area contributed by atoms with Crippen LogP contribution in [-0.4, -0.2) is 11.9 Å². The summed E-state index contributed by atoms with van der Waals surface area (Å²) in [6.07, 6.45) is 5.71. The number of esters is 2. The molecule has 0 spiro atoms. The predicted octanol–water partition coefficient (Wildman–Crippen LogP) is 4.95. The van der Waals surface area contributed by atoms with Gasteiger partial charge >= 0.3 is 11.9 Å². The van der Waals surface area contributed by atoms with Gasteiger partial charge in [0, 0.05) is 11.1 Å². The first-order chi connectivity index (χ1) is 13.2. The Labute approximate surface area is 155 Å². The highest BCUT2D eigenvalue weighted by atomic mass is 16.6. The van der Waals surface area contributed by atoms with Gasteiger partial charge in [0.05, 0.1) is 11.1 Å². The lowest BCUT2D eigenvalue weighted by Crippen LogP contribution is -2.00. The summed E-state index contributed by atoms with van der Waals surface area (Å²) >= 11 is 0. The monoisotopic (exact) mass is 348 g/mol. The van der Waals surface area contributed by atoms with Crippen LogP contribution >= 0.6 is 0 Å². The zero-order valence-electron chi connectivity index (χ0n) is 14.2. The number of benzene rings is 4. The molecule has 0 radical (unpaired) electrons. The lowest BCUT2D eigenvalue weighted by Gasteiger charge is -2.13. The molecule has 0 bridgehead atoms. The minimum absolute atomic E-state index is 0.246. The Morgan fingerprint density at radius 2 is 1.44 bits per heavy atom. The maximum atomic E-state index is 12.4. The van der Waals surface area contributed by atoms with E-state index in [0.29, 0.717) is 11.1 Å². The van der Waals surface area contributed by atoms with Gasteiger partial charge < -0.3 is 4.74 Å². The van der Waals surface area contributed by atoms with Gasteiger partial charge in [0.2, 0.25) is 0 Å². The number of terminal acetylenes is 1. The third kappa shape index (κ3) is 2.17. The van der Waals surface area contributed by atoms with E-state index in [9.17, 15) is 9.59 Å². The molecule has 3 heteroatoms. The van der Waals surface area contributed by atoms with Crippen LogP contribution in [0.4, 0.5) is 0 Å². The first kappa shape index (κ1) is 15.4. The molecule has 0 saturated heterocycles. The Kier molecular flexibility index (Phi) is 3.16. The molecule has 0 amide bonds. The van der Waals surface area contributed by atoms with Crippen LogP contribution in [0, 0.1) is 12.3 Å². The maximum absolute atomic E-state index is 12.4. The Morgan fingerprint density at radius 3 is 2.22 bits per heavy atom. The highest BCUT2D eigenvalue weighted by molar-refractivity contribution is 6.20. The molecule has 1 aliphatic rings. The molecule has 0 saturated carbocycles. The summed E-state index contributed by atoms with van der Waals surface area (Å²) in [7, 11) is 0. The van der Waals surface area contributed by atoms with E-state index < -0.39 is 11.9 Å². The fourth-order valence-electron chi connectivity index (χ4n) is 3.76. The lowest BCUT2D eigenvalue weighted by molar-refractivity contribution is 0.0444. The van der Waals surface area contributed by atoms with Crippen LogP contribution in [0.1, 0.15) is 26.3 Å². The molecule has 0 aliphatic carbocycles. The fraction of sp³-hybridized carbons (Fsp3) is 0. The summed E-state index contributed by atoms with van der Waals surface area (Å²) in [5.74, 6) is 1.36. The first-order valence-corrected chi connectivity index (χ1v) is 8.49. The number of hydrogen-bond donors (Lipinski definition) is 0. The van der Waals surface area contributed by atoms with Crippen molar-refractivity contribution in [2.45, 2.75) is 0 Å². The normalized spacial score (nSPS) is 12.9. The predicted molar refractivity (Wildman–Crippen MR) is 105 cm³/mol. The number of cyclic esters (lactones) is 2. The summed E-state index contributed by atoms with van der Waals surface area (Å²) in [6, 6.07) is 21.4. The Hall–Kier alpha value is -3.90.